The molecule has 3 rings (SSSR count). The van der Waals surface area contributed by atoms with Crippen LogP contribution in [0.1, 0.15) is 42.5 Å². The Morgan fingerprint density at radius 2 is 2.05 bits per heavy atom. The minimum absolute atomic E-state index is 0.717. The summed E-state index contributed by atoms with van der Waals surface area (Å²) in [7, 11) is 0. The number of pyridine rings is 1. The molecule has 4 heteroatoms. The van der Waals surface area contributed by atoms with Crippen molar-refractivity contribution in [3.8, 4) is 6.07 Å². The van der Waals surface area contributed by atoms with E-state index in [1.165, 1.54) is 32.2 Å². The molecule has 0 aromatic carbocycles. The van der Waals surface area contributed by atoms with Gasteiger partial charge in [0.25, 0.3) is 0 Å². The van der Waals surface area contributed by atoms with Crippen LogP contribution in [0.25, 0.3) is 0 Å². The highest BCUT2D eigenvalue weighted by atomic mass is 15.2. The van der Waals surface area contributed by atoms with Crippen LogP contribution in [0.5, 0.6) is 0 Å². The van der Waals surface area contributed by atoms with Gasteiger partial charge in [-0.1, -0.05) is 0 Å². The second kappa shape index (κ2) is 6.03. The fourth-order valence-corrected chi connectivity index (χ4v) is 3.81. The maximum absolute atomic E-state index is 9.42. The predicted molar refractivity (Wildman–Crippen MR) is 84.4 cm³/mol. The maximum Gasteiger partial charge on any atom is 0.147 e. The second-order valence-corrected chi connectivity index (χ2v) is 6.42. The maximum atomic E-state index is 9.42. The van der Waals surface area contributed by atoms with Crippen LogP contribution in [0.15, 0.2) is 6.07 Å². The topological polar surface area (TPSA) is 52.0 Å². The van der Waals surface area contributed by atoms with Gasteiger partial charge in [-0.2, -0.15) is 5.26 Å². The molecule has 0 spiro atoms. The van der Waals surface area contributed by atoms with Crippen molar-refractivity contribution >= 4 is 5.82 Å². The van der Waals surface area contributed by atoms with Gasteiger partial charge in [0.05, 0.1) is 5.56 Å². The van der Waals surface area contributed by atoms with Gasteiger partial charge in [0.15, 0.2) is 0 Å². The summed E-state index contributed by atoms with van der Waals surface area (Å²) in [6.45, 7) is 7.24. The average molecular weight is 284 g/mol. The molecule has 1 aromatic rings. The zero-order chi connectivity index (χ0) is 14.8. The van der Waals surface area contributed by atoms with Crippen molar-refractivity contribution in [1.29, 1.82) is 5.26 Å². The van der Waals surface area contributed by atoms with Crippen LogP contribution >= 0.6 is 0 Å². The Morgan fingerprint density at radius 3 is 2.67 bits per heavy atom. The van der Waals surface area contributed by atoms with E-state index in [1.807, 2.05) is 19.9 Å². The Hall–Kier alpha value is -1.60. The van der Waals surface area contributed by atoms with Crippen molar-refractivity contribution in [1.82, 2.24) is 10.3 Å². The summed E-state index contributed by atoms with van der Waals surface area (Å²) in [6.07, 6.45) is 5.06. The number of nitrogens with one attached hydrogen (secondary N) is 1. The summed E-state index contributed by atoms with van der Waals surface area (Å²) in [4.78, 5) is 6.95. The van der Waals surface area contributed by atoms with E-state index >= 15 is 0 Å². The van der Waals surface area contributed by atoms with Gasteiger partial charge in [0.2, 0.25) is 0 Å². The van der Waals surface area contributed by atoms with Gasteiger partial charge in [-0.05, 0) is 63.6 Å². The van der Waals surface area contributed by atoms with Gasteiger partial charge < -0.3 is 10.2 Å². The van der Waals surface area contributed by atoms with Gasteiger partial charge >= 0.3 is 0 Å². The molecule has 2 aliphatic rings. The van der Waals surface area contributed by atoms with Gasteiger partial charge in [0, 0.05) is 24.8 Å². The largest absolute Gasteiger partial charge is 0.355 e. The fourth-order valence-electron chi connectivity index (χ4n) is 3.81. The third-order valence-electron chi connectivity index (χ3n) is 4.94. The minimum atomic E-state index is 0.717. The average Bonchev–Trinajstić information content (AvgIpc) is 3.01. The van der Waals surface area contributed by atoms with Crippen LogP contribution in [0.4, 0.5) is 5.82 Å². The quantitative estimate of drug-likeness (QED) is 0.906. The number of rotatable bonds is 2. The van der Waals surface area contributed by atoms with E-state index < -0.39 is 0 Å². The molecular formula is C17H24N4. The zero-order valence-corrected chi connectivity index (χ0v) is 13.0. The number of hydrogen-bond acceptors (Lipinski definition) is 4. The van der Waals surface area contributed by atoms with Crippen molar-refractivity contribution in [2.45, 2.75) is 45.6 Å². The highest BCUT2D eigenvalue weighted by molar-refractivity contribution is 5.58. The van der Waals surface area contributed by atoms with Crippen molar-refractivity contribution in [3.63, 3.8) is 0 Å². The summed E-state index contributed by atoms with van der Waals surface area (Å²) < 4.78 is 0. The lowest BCUT2D eigenvalue weighted by atomic mass is 9.88. The van der Waals surface area contributed by atoms with Gasteiger partial charge in [-0.3, -0.25) is 0 Å². The van der Waals surface area contributed by atoms with E-state index in [9.17, 15) is 5.26 Å². The molecule has 0 radical (unpaired) electrons. The fraction of sp³-hybridized carbons (Fsp3) is 0.647. The second-order valence-electron chi connectivity index (χ2n) is 6.42. The number of nitrogens with zero attached hydrogens (tertiary/aromatic N) is 3. The molecule has 1 aromatic heterocycles. The molecule has 2 aliphatic heterocycles. The molecule has 2 fully saturated rings. The normalized spacial score (nSPS) is 23.3. The Morgan fingerprint density at radius 1 is 1.29 bits per heavy atom. The first-order chi connectivity index (χ1) is 10.2. The number of aromatic nitrogens is 1. The molecular weight excluding hydrogens is 260 g/mol. The summed E-state index contributed by atoms with van der Waals surface area (Å²) >= 11 is 0. The molecule has 1 N–H and O–H groups in total. The van der Waals surface area contributed by atoms with Crippen LogP contribution < -0.4 is 10.2 Å². The first-order valence-corrected chi connectivity index (χ1v) is 8.05. The molecule has 3 heterocycles. The number of piperidine rings is 1. The van der Waals surface area contributed by atoms with Crippen molar-refractivity contribution < 1.29 is 0 Å². The first-order valence-electron chi connectivity index (χ1n) is 8.05. The predicted octanol–water partition coefficient (Wildman–Crippen LogP) is 2.54. The lowest BCUT2D eigenvalue weighted by Crippen LogP contribution is -2.41. The standard InChI is InChI=1S/C17H24N4/c1-12-10-13(2)20-17(15(12)11-18)21-8-5-14(6-9-21)16-4-3-7-19-16/h10,14,16,19H,3-9H2,1-2H3. The van der Waals surface area contributed by atoms with Gasteiger partial charge in [0.1, 0.15) is 11.9 Å². The van der Waals surface area contributed by atoms with E-state index in [-0.39, 0.29) is 0 Å². The highest BCUT2D eigenvalue weighted by Gasteiger charge is 2.29. The van der Waals surface area contributed by atoms with Crippen molar-refractivity contribution in [3.05, 3.63) is 22.9 Å². The SMILES string of the molecule is Cc1cc(C)c(C#N)c(N2CCC(C3CCCN3)CC2)n1. The molecule has 21 heavy (non-hydrogen) atoms. The molecule has 0 amide bonds. The molecule has 1 unspecified atom stereocenters. The molecule has 0 aliphatic carbocycles. The van der Waals surface area contributed by atoms with Gasteiger partial charge in [-0.15, -0.1) is 0 Å². The van der Waals surface area contributed by atoms with E-state index in [1.54, 1.807) is 0 Å². The summed E-state index contributed by atoms with van der Waals surface area (Å²) in [5.41, 5.74) is 2.79. The van der Waals surface area contributed by atoms with Crippen LogP contribution in [-0.4, -0.2) is 30.7 Å². The number of nitriles is 1. The molecule has 1 atom stereocenters. The molecule has 4 nitrogen and oxygen atoms in total. The van der Waals surface area contributed by atoms with Crippen molar-refractivity contribution in [2.75, 3.05) is 24.5 Å². The summed E-state index contributed by atoms with van der Waals surface area (Å²) in [6, 6.07) is 5.05. The molecule has 2 saturated heterocycles. The molecule has 112 valence electrons. The Kier molecular flexibility index (Phi) is 4.12. The Balaban J connectivity index is 1.73. The van der Waals surface area contributed by atoms with Crippen LogP contribution in [0.2, 0.25) is 0 Å². The van der Waals surface area contributed by atoms with E-state index in [2.05, 4.69) is 21.3 Å². The van der Waals surface area contributed by atoms with Crippen molar-refractivity contribution in [2.24, 2.45) is 5.92 Å². The monoisotopic (exact) mass is 284 g/mol. The third kappa shape index (κ3) is 2.89. The Labute approximate surface area is 127 Å². The lowest BCUT2D eigenvalue weighted by molar-refractivity contribution is 0.318. The van der Waals surface area contributed by atoms with Crippen LogP contribution in [-0.2, 0) is 0 Å². The smallest absolute Gasteiger partial charge is 0.147 e. The van der Waals surface area contributed by atoms with Crippen LogP contribution in [0, 0.1) is 31.1 Å². The number of anilines is 1. The third-order valence-corrected chi connectivity index (χ3v) is 4.94. The highest BCUT2D eigenvalue weighted by Crippen LogP contribution is 2.30. The van der Waals surface area contributed by atoms with E-state index in [4.69, 9.17) is 0 Å². The number of aryl methyl sites for hydroxylation is 2. The molecule has 0 saturated carbocycles. The first kappa shape index (κ1) is 14.3. The summed E-state index contributed by atoms with van der Waals surface area (Å²) in [5.74, 6) is 1.69. The summed E-state index contributed by atoms with van der Waals surface area (Å²) in [5, 5.41) is 13.1. The van der Waals surface area contributed by atoms with Gasteiger partial charge in [-0.25, -0.2) is 4.98 Å². The Bertz CT molecular complexity index is 547. The zero-order valence-electron chi connectivity index (χ0n) is 13.0. The van der Waals surface area contributed by atoms with Crippen LogP contribution in [0.3, 0.4) is 0 Å². The lowest BCUT2D eigenvalue weighted by Gasteiger charge is -2.36. The van der Waals surface area contributed by atoms with E-state index in [0.717, 1.165) is 47.7 Å². The molecule has 0 bridgehead atoms. The number of hydrogen-bond donors (Lipinski definition) is 1. The minimum Gasteiger partial charge on any atom is -0.355 e. The van der Waals surface area contributed by atoms with E-state index in [0.29, 0.717) is 0 Å².